The smallest absolute Gasteiger partial charge is 0.235 e. The third kappa shape index (κ3) is 5.82. The molecule has 1 fully saturated rings. The maximum absolute atomic E-state index is 12.4. The first-order chi connectivity index (χ1) is 14.3. The van der Waals surface area contributed by atoms with Gasteiger partial charge in [0.2, 0.25) is 5.91 Å². The molecule has 30 heavy (non-hydrogen) atoms. The van der Waals surface area contributed by atoms with Crippen molar-refractivity contribution in [1.82, 2.24) is 5.32 Å². The van der Waals surface area contributed by atoms with Gasteiger partial charge in [0.25, 0.3) is 0 Å². The maximum atomic E-state index is 12.4. The molecule has 2 aromatic carbocycles. The van der Waals surface area contributed by atoms with E-state index < -0.39 is 21.5 Å². The highest BCUT2D eigenvalue weighted by molar-refractivity contribution is 7.91. The van der Waals surface area contributed by atoms with Crippen LogP contribution < -0.4 is 5.32 Å². The lowest BCUT2D eigenvalue weighted by Crippen LogP contribution is -2.45. The highest BCUT2D eigenvalue weighted by Gasteiger charge is 2.35. The zero-order valence-electron chi connectivity index (χ0n) is 16.4. The van der Waals surface area contributed by atoms with Gasteiger partial charge < -0.3 is 10.1 Å². The van der Waals surface area contributed by atoms with E-state index in [1.165, 1.54) is 0 Å². The maximum Gasteiger partial charge on any atom is 0.235 e. The van der Waals surface area contributed by atoms with Crippen LogP contribution >= 0.6 is 11.6 Å². The Hall–Kier alpha value is -2.40. The van der Waals surface area contributed by atoms with Gasteiger partial charge in [0.15, 0.2) is 9.84 Å². The van der Waals surface area contributed by atoms with Gasteiger partial charge in [0.05, 0.1) is 17.4 Å². The van der Waals surface area contributed by atoms with Crippen LogP contribution in [0.3, 0.4) is 0 Å². The monoisotopic (exact) mass is 446 g/mol. The Labute approximate surface area is 181 Å². The summed E-state index contributed by atoms with van der Waals surface area (Å²) >= 11 is 6.16. The van der Waals surface area contributed by atoms with Gasteiger partial charge in [-0.25, -0.2) is 8.42 Å². The standard InChI is InChI=1S/C22H23ClN2O4S/c23-20-3-1-2-19(12-20)22(8-10-29-11-9-22)16-25-21(26)15-30(27,28)14-18-6-4-17(13-24)5-7-18/h1-7,12H,8-11,14-16H2,(H,25,26). The summed E-state index contributed by atoms with van der Waals surface area (Å²) in [7, 11) is -3.64. The number of nitrogens with one attached hydrogen (secondary N) is 1. The number of sulfone groups is 1. The number of rotatable bonds is 7. The van der Waals surface area contributed by atoms with Crippen molar-refractivity contribution in [1.29, 1.82) is 5.26 Å². The van der Waals surface area contributed by atoms with Crippen molar-refractivity contribution >= 4 is 27.3 Å². The van der Waals surface area contributed by atoms with Gasteiger partial charge >= 0.3 is 0 Å². The minimum Gasteiger partial charge on any atom is -0.381 e. The number of hydrogen-bond acceptors (Lipinski definition) is 5. The van der Waals surface area contributed by atoms with Crippen LogP contribution in [0.15, 0.2) is 48.5 Å². The molecule has 0 bridgehead atoms. The number of nitrogens with zero attached hydrogens (tertiary/aromatic N) is 1. The minimum absolute atomic E-state index is 0.251. The Morgan fingerprint density at radius 3 is 2.50 bits per heavy atom. The second kappa shape index (κ2) is 9.61. The molecular formula is C22H23ClN2O4S. The largest absolute Gasteiger partial charge is 0.381 e. The van der Waals surface area contributed by atoms with E-state index in [1.54, 1.807) is 30.3 Å². The quantitative estimate of drug-likeness (QED) is 0.705. The van der Waals surface area contributed by atoms with Crippen molar-refractivity contribution in [2.45, 2.75) is 24.0 Å². The highest BCUT2D eigenvalue weighted by Crippen LogP contribution is 2.35. The van der Waals surface area contributed by atoms with E-state index in [0.29, 0.717) is 48.7 Å². The summed E-state index contributed by atoms with van der Waals surface area (Å²) in [5.74, 6) is -1.37. The SMILES string of the molecule is N#Cc1ccc(CS(=O)(=O)CC(=O)NCC2(c3cccc(Cl)c3)CCOCC2)cc1. The fraction of sp³-hybridized carbons (Fsp3) is 0.364. The lowest BCUT2D eigenvalue weighted by Gasteiger charge is -2.38. The van der Waals surface area contributed by atoms with Crippen LogP contribution in [0.5, 0.6) is 0 Å². The summed E-state index contributed by atoms with van der Waals surface area (Å²) < 4.78 is 30.4. The predicted molar refractivity (Wildman–Crippen MR) is 115 cm³/mol. The van der Waals surface area contributed by atoms with Crippen LogP contribution in [0, 0.1) is 11.3 Å². The molecule has 158 valence electrons. The zero-order chi connectivity index (χ0) is 21.6. The van der Waals surface area contributed by atoms with E-state index in [4.69, 9.17) is 21.6 Å². The summed E-state index contributed by atoms with van der Waals surface area (Å²) in [4.78, 5) is 12.4. The van der Waals surface area contributed by atoms with E-state index in [9.17, 15) is 13.2 Å². The molecule has 1 N–H and O–H groups in total. The molecule has 1 aliphatic rings. The van der Waals surface area contributed by atoms with Gasteiger partial charge in [-0.3, -0.25) is 4.79 Å². The molecule has 0 aromatic heterocycles. The first-order valence-corrected chi connectivity index (χ1v) is 11.8. The van der Waals surface area contributed by atoms with Gasteiger partial charge in [0, 0.05) is 30.2 Å². The third-order valence-corrected chi connectivity index (χ3v) is 7.04. The molecule has 1 amide bonds. The highest BCUT2D eigenvalue weighted by atomic mass is 35.5. The number of halogens is 1. The van der Waals surface area contributed by atoms with Crippen molar-refractivity contribution < 1.29 is 17.9 Å². The van der Waals surface area contributed by atoms with E-state index >= 15 is 0 Å². The average Bonchev–Trinajstić information content (AvgIpc) is 2.73. The summed E-state index contributed by atoms with van der Waals surface area (Å²) in [6.07, 6.45) is 1.43. The Bertz CT molecular complexity index is 1040. The van der Waals surface area contributed by atoms with Gasteiger partial charge in [-0.05, 0) is 48.2 Å². The van der Waals surface area contributed by atoms with E-state index in [1.807, 2.05) is 24.3 Å². The van der Waals surface area contributed by atoms with Gasteiger partial charge in [-0.2, -0.15) is 5.26 Å². The van der Waals surface area contributed by atoms with E-state index in [0.717, 1.165) is 5.56 Å². The molecule has 0 aliphatic carbocycles. The molecule has 8 heteroatoms. The van der Waals surface area contributed by atoms with Gasteiger partial charge in [-0.15, -0.1) is 0 Å². The molecule has 0 unspecified atom stereocenters. The molecule has 0 saturated carbocycles. The van der Waals surface area contributed by atoms with Gasteiger partial charge in [-0.1, -0.05) is 35.9 Å². The molecule has 0 radical (unpaired) electrons. The van der Waals surface area contributed by atoms with Crippen LogP contribution in [0.25, 0.3) is 0 Å². The predicted octanol–water partition coefficient (Wildman–Crippen LogP) is 2.99. The number of carbonyl (C=O) groups excluding carboxylic acids is 1. The number of hydrogen-bond donors (Lipinski definition) is 1. The minimum atomic E-state index is -3.64. The Kier molecular flexibility index (Phi) is 7.14. The molecule has 1 heterocycles. The second-order valence-electron chi connectivity index (χ2n) is 7.52. The molecular weight excluding hydrogens is 424 g/mol. The lowest BCUT2D eigenvalue weighted by atomic mass is 9.74. The first kappa shape index (κ1) is 22.3. The molecule has 1 saturated heterocycles. The summed E-state index contributed by atoms with van der Waals surface area (Å²) in [6.45, 7) is 1.46. The van der Waals surface area contributed by atoms with Crippen molar-refractivity contribution in [3.05, 3.63) is 70.2 Å². The van der Waals surface area contributed by atoms with E-state index in [2.05, 4.69) is 5.32 Å². The number of ether oxygens (including phenoxy) is 1. The van der Waals surface area contributed by atoms with Gasteiger partial charge in [0.1, 0.15) is 5.75 Å². The average molecular weight is 447 g/mol. The molecule has 0 spiro atoms. The van der Waals surface area contributed by atoms with Crippen LogP contribution in [0.1, 0.15) is 29.5 Å². The molecule has 6 nitrogen and oxygen atoms in total. The summed E-state index contributed by atoms with van der Waals surface area (Å²) in [6, 6.07) is 15.8. The number of benzene rings is 2. The Morgan fingerprint density at radius 2 is 1.87 bits per heavy atom. The number of carbonyl (C=O) groups is 1. The van der Waals surface area contributed by atoms with Crippen LogP contribution in [-0.4, -0.2) is 39.8 Å². The fourth-order valence-electron chi connectivity index (χ4n) is 3.65. The topological polar surface area (TPSA) is 96.3 Å². The molecule has 0 atom stereocenters. The van der Waals surface area contributed by atoms with Crippen molar-refractivity contribution in [2.24, 2.45) is 0 Å². The summed E-state index contributed by atoms with van der Waals surface area (Å²) in [5.41, 5.74) is 1.67. The normalized spacial score (nSPS) is 15.9. The zero-order valence-corrected chi connectivity index (χ0v) is 18.0. The lowest BCUT2D eigenvalue weighted by molar-refractivity contribution is -0.119. The Morgan fingerprint density at radius 1 is 1.17 bits per heavy atom. The van der Waals surface area contributed by atoms with Crippen LogP contribution in [0.2, 0.25) is 5.02 Å². The molecule has 2 aromatic rings. The van der Waals surface area contributed by atoms with Crippen molar-refractivity contribution in [3.63, 3.8) is 0 Å². The molecule has 3 rings (SSSR count). The summed E-state index contributed by atoms with van der Waals surface area (Å²) in [5, 5.41) is 12.3. The van der Waals surface area contributed by atoms with E-state index in [-0.39, 0.29) is 11.2 Å². The fourth-order valence-corrected chi connectivity index (χ4v) is 5.14. The third-order valence-electron chi connectivity index (χ3n) is 5.33. The number of amides is 1. The van der Waals surface area contributed by atoms with Crippen LogP contribution in [0.4, 0.5) is 0 Å². The first-order valence-electron chi connectivity index (χ1n) is 9.62. The number of nitriles is 1. The Balaban J connectivity index is 1.64. The van der Waals surface area contributed by atoms with Crippen LogP contribution in [-0.2, 0) is 30.5 Å². The van der Waals surface area contributed by atoms with Crippen molar-refractivity contribution in [2.75, 3.05) is 25.5 Å². The molecule has 1 aliphatic heterocycles. The second-order valence-corrected chi connectivity index (χ2v) is 10.0. The van der Waals surface area contributed by atoms with Crippen molar-refractivity contribution in [3.8, 4) is 6.07 Å².